The van der Waals surface area contributed by atoms with Gasteiger partial charge in [-0.1, -0.05) is 47.6 Å². The molecule has 8 nitrogen and oxygen atoms in total. The largest absolute Gasteiger partial charge is 0.485 e. The summed E-state index contributed by atoms with van der Waals surface area (Å²) >= 11 is 0. The number of aromatic nitrogens is 4. The van der Waals surface area contributed by atoms with E-state index in [4.69, 9.17) is 9.26 Å². The number of nitrogens with zero attached hydrogens (tertiary/aromatic N) is 4. The summed E-state index contributed by atoms with van der Waals surface area (Å²) in [5.41, 5.74) is 1.16. The zero-order valence-corrected chi connectivity index (χ0v) is 17.7. The molecule has 0 bridgehead atoms. The summed E-state index contributed by atoms with van der Waals surface area (Å²) < 4.78 is 13.0. The van der Waals surface area contributed by atoms with Gasteiger partial charge in [0, 0.05) is 41.6 Å². The minimum Gasteiger partial charge on any atom is -0.485 e. The first kappa shape index (κ1) is 20.4. The van der Waals surface area contributed by atoms with Gasteiger partial charge in [0.05, 0.1) is 12.6 Å². The molecule has 0 fully saturated rings. The highest BCUT2D eigenvalue weighted by Crippen LogP contribution is 2.25. The number of hydrogen-bond acceptors (Lipinski definition) is 6. The van der Waals surface area contributed by atoms with E-state index in [-0.39, 0.29) is 24.2 Å². The van der Waals surface area contributed by atoms with Crippen LogP contribution in [-0.2, 0) is 13.2 Å². The van der Waals surface area contributed by atoms with Gasteiger partial charge in [-0.2, -0.15) is 5.10 Å². The number of carbonyl (C=O) groups is 1. The maximum atomic E-state index is 12.9. The number of ether oxygens (including phenoxy) is 1. The Morgan fingerprint density at radius 3 is 2.82 bits per heavy atom. The Balaban J connectivity index is 1.27. The molecular formula is C25H21N5O3. The molecule has 33 heavy (non-hydrogen) atoms. The number of nitrogens with one attached hydrogen (secondary N) is 1. The minimum absolute atomic E-state index is 0.150. The van der Waals surface area contributed by atoms with Crippen LogP contribution in [0.3, 0.4) is 0 Å². The van der Waals surface area contributed by atoms with Gasteiger partial charge >= 0.3 is 0 Å². The fourth-order valence-corrected chi connectivity index (χ4v) is 3.60. The van der Waals surface area contributed by atoms with Crippen molar-refractivity contribution in [3.05, 3.63) is 109 Å². The van der Waals surface area contributed by atoms with E-state index in [2.05, 4.69) is 20.6 Å². The van der Waals surface area contributed by atoms with E-state index >= 15 is 0 Å². The van der Waals surface area contributed by atoms with Gasteiger partial charge in [-0.25, -0.2) is 0 Å². The fraction of sp³-hybridized carbons (Fsp3) is 0.120. The average molecular weight is 439 g/mol. The predicted octanol–water partition coefficient (Wildman–Crippen LogP) is 4.17. The number of fused-ring (bicyclic) bond motifs is 1. The van der Waals surface area contributed by atoms with Crippen molar-refractivity contribution < 1.29 is 14.1 Å². The van der Waals surface area contributed by atoms with Crippen molar-refractivity contribution in [2.24, 2.45) is 0 Å². The van der Waals surface area contributed by atoms with E-state index in [1.165, 1.54) is 0 Å². The molecular weight excluding hydrogens is 418 g/mol. The van der Waals surface area contributed by atoms with Crippen LogP contribution in [0.1, 0.15) is 27.9 Å². The Labute approximate surface area is 189 Å². The molecule has 5 rings (SSSR count). The van der Waals surface area contributed by atoms with Crippen LogP contribution < -0.4 is 10.1 Å². The molecule has 0 saturated carbocycles. The van der Waals surface area contributed by atoms with Crippen molar-refractivity contribution in [1.29, 1.82) is 0 Å². The lowest BCUT2D eigenvalue weighted by Gasteiger charge is -2.18. The Morgan fingerprint density at radius 2 is 1.97 bits per heavy atom. The second-order valence-electron chi connectivity index (χ2n) is 7.48. The molecule has 3 heterocycles. The first-order chi connectivity index (χ1) is 16.3. The number of rotatable bonds is 8. The topological polar surface area (TPSA) is 95.1 Å². The molecule has 0 aliphatic carbocycles. The number of amides is 1. The fourth-order valence-electron chi connectivity index (χ4n) is 3.60. The summed E-state index contributed by atoms with van der Waals surface area (Å²) in [6.07, 6.45) is 7.07. The summed E-state index contributed by atoms with van der Waals surface area (Å²) in [5.74, 6) is 0.831. The molecule has 0 aliphatic heterocycles. The van der Waals surface area contributed by atoms with Crippen molar-refractivity contribution in [2.45, 2.75) is 19.2 Å². The lowest BCUT2D eigenvalue weighted by Crippen LogP contribution is -2.31. The van der Waals surface area contributed by atoms with E-state index in [1.807, 2.05) is 66.9 Å². The molecule has 164 valence electrons. The van der Waals surface area contributed by atoms with E-state index in [0.29, 0.717) is 18.1 Å². The monoisotopic (exact) mass is 439 g/mol. The standard InChI is InChI=1S/C25H21N5O3/c31-25(28-23(16-30-13-5-11-27-30)18-6-2-1-3-7-18)22-14-20(33-29-22)17-32-24-9-4-8-19-15-26-12-10-21(19)24/h1-15,23H,16-17H2,(H,28,31). The van der Waals surface area contributed by atoms with Crippen molar-refractivity contribution in [1.82, 2.24) is 25.2 Å². The Kier molecular flexibility index (Phi) is 5.79. The Bertz CT molecular complexity index is 1340. The second-order valence-corrected chi connectivity index (χ2v) is 7.48. The predicted molar refractivity (Wildman–Crippen MR) is 121 cm³/mol. The van der Waals surface area contributed by atoms with Crippen molar-refractivity contribution in [3.8, 4) is 5.75 Å². The van der Waals surface area contributed by atoms with Crippen LogP contribution in [0.4, 0.5) is 0 Å². The average Bonchev–Trinajstić information content (AvgIpc) is 3.55. The summed E-state index contributed by atoms with van der Waals surface area (Å²) in [5, 5.41) is 13.2. The summed E-state index contributed by atoms with van der Waals surface area (Å²) in [7, 11) is 0. The first-order valence-corrected chi connectivity index (χ1v) is 10.5. The molecule has 0 spiro atoms. The molecule has 2 aromatic carbocycles. The third kappa shape index (κ3) is 4.74. The minimum atomic E-state index is -0.331. The highest BCUT2D eigenvalue weighted by Gasteiger charge is 2.20. The molecule has 5 aromatic rings. The number of hydrogen-bond donors (Lipinski definition) is 1. The Morgan fingerprint density at radius 1 is 1.06 bits per heavy atom. The van der Waals surface area contributed by atoms with E-state index in [1.54, 1.807) is 29.3 Å². The van der Waals surface area contributed by atoms with Gasteiger partial charge in [-0.15, -0.1) is 0 Å². The molecule has 3 aromatic heterocycles. The van der Waals surface area contributed by atoms with Crippen LogP contribution >= 0.6 is 0 Å². The lowest BCUT2D eigenvalue weighted by atomic mass is 10.1. The molecule has 1 atom stereocenters. The van der Waals surface area contributed by atoms with Crippen molar-refractivity contribution >= 4 is 16.7 Å². The molecule has 8 heteroatoms. The van der Waals surface area contributed by atoms with Gasteiger partial charge in [0.15, 0.2) is 11.5 Å². The molecule has 0 radical (unpaired) electrons. The van der Waals surface area contributed by atoms with E-state index in [9.17, 15) is 4.79 Å². The van der Waals surface area contributed by atoms with Gasteiger partial charge in [0.25, 0.3) is 5.91 Å². The normalized spacial score (nSPS) is 11.9. The molecule has 1 amide bonds. The van der Waals surface area contributed by atoms with Crippen LogP contribution in [-0.4, -0.2) is 25.8 Å². The second kappa shape index (κ2) is 9.35. The molecule has 0 saturated heterocycles. The van der Waals surface area contributed by atoms with Crippen LogP contribution in [0.2, 0.25) is 0 Å². The van der Waals surface area contributed by atoms with Crippen LogP contribution in [0.25, 0.3) is 10.8 Å². The van der Waals surface area contributed by atoms with Gasteiger partial charge in [0.1, 0.15) is 12.4 Å². The van der Waals surface area contributed by atoms with Crippen LogP contribution in [0.5, 0.6) is 5.75 Å². The number of carbonyl (C=O) groups excluding carboxylic acids is 1. The summed E-state index contributed by atoms with van der Waals surface area (Å²) in [6, 6.07) is 20.6. The van der Waals surface area contributed by atoms with Crippen molar-refractivity contribution in [2.75, 3.05) is 0 Å². The zero-order valence-electron chi connectivity index (χ0n) is 17.7. The lowest BCUT2D eigenvalue weighted by molar-refractivity contribution is 0.0922. The summed E-state index contributed by atoms with van der Waals surface area (Å²) in [4.78, 5) is 17.0. The van der Waals surface area contributed by atoms with Crippen molar-refractivity contribution in [3.63, 3.8) is 0 Å². The van der Waals surface area contributed by atoms with E-state index < -0.39 is 0 Å². The van der Waals surface area contributed by atoms with Crippen LogP contribution in [0, 0.1) is 0 Å². The molecule has 0 aliphatic rings. The summed E-state index contributed by atoms with van der Waals surface area (Å²) in [6.45, 7) is 0.642. The highest BCUT2D eigenvalue weighted by molar-refractivity contribution is 5.92. The van der Waals surface area contributed by atoms with Gasteiger partial charge in [-0.3, -0.25) is 14.5 Å². The Hall–Kier alpha value is -4.46. The van der Waals surface area contributed by atoms with Gasteiger partial charge < -0.3 is 14.6 Å². The third-order valence-electron chi connectivity index (χ3n) is 5.24. The van der Waals surface area contributed by atoms with Crippen LogP contribution in [0.15, 0.2) is 96.0 Å². The SMILES string of the molecule is O=C(NC(Cn1cccn1)c1ccccc1)c1cc(COc2cccc3cnccc23)on1. The smallest absolute Gasteiger partial charge is 0.274 e. The van der Waals surface area contributed by atoms with Gasteiger partial charge in [0.2, 0.25) is 0 Å². The van der Waals surface area contributed by atoms with Gasteiger partial charge in [-0.05, 0) is 23.8 Å². The highest BCUT2D eigenvalue weighted by atomic mass is 16.5. The maximum Gasteiger partial charge on any atom is 0.274 e. The third-order valence-corrected chi connectivity index (χ3v) is 5.24. The van der Waals surface area contributed by atoms with E-state index in [0.717, 1.165) is 16.3 Å². The molecule has 1 N–H and O–H groups in total. The number of benzene rings is 2. The quantitative estimate of drug-likeness (QED) is 0.390. The first-order valence-electron chi connectivity index (χ1n) is 10.5. The zero-order chi connectivity index (χ0) is 22.5. The number of pyridine rings is 1. The maximum absolute atomic E-state index is 12.9. The molecule has 1 unspecified atom stereocenters.